The van der Waals surface area contributed by atoms with Crippen molar-refractivity contribution in [2.24, 2.45) is 0 Å². The molecule has 0 fully saturated rings. The number of nitrogens with zero attached hydrogens (tertiary/aromatic N) is 2. The molecule has 3 rings (SSSR count). The van der Waals surface area contributed by atoms with Crippen LogP contribution in [-0.4, -0.2) is 9.97 Å². The molecule has 2 heterocycles. The number of hydrogen-bond acceptors (Lipinski definition) is 3. The second-order valence-corrected chi connectivity index (χ2v) is 6.54. The molecule has 1 aromatic carbocycles. The summed E-state index contributed by atoms with van der Waals surface area (Å²) in [7, 11) is 0. The van der Waals surface area contributed by atoms with E-state index in [0.29, 0.717) is 6.54 Å². The minimum absolute atomic E-state index is 0.654. The molecule has 5 heteroatoms. The highest BCUT2D eigenvalue weighted by Crippen LogP contribution is 2.26. The van der Waals surface area contributed by atoms with Crippen LogP contribution in [0.15, 0.2) is 51.7 Å². The Balaban J connectivity index is 1.90. The topological polar surface area (TPSA) is 37.8 Å². The molecule has 0 bridgehead atoms. The summed E-state index contributed by atoms with van der Waals surface area (Å²) in [6, 6.07) is 10.2. The van der Waals surface area contributed by atoms with Crippen molar-refractivity contribution in [3.63, 3.8) is 0 Å². The molecule has 0 aliphatic rings. The minimum atomic E-state index is 0.654. The quantitative estimate of drug-likeness (QED) is 0.659. The van der Waals surface area contributed by atoms with Crippen LogP contribution in [0.3, 0.4) is 0 Å². The minimum Gasteiger partial charge on any atom is -0.379 e. The average molecular weight is 407 g/mol. The summed E-state index contributed by atoms with van der Waals surface area (Å²) in [6.07, 6.45) is 3.63. The molecule has 106 valence electrons. The van der Waals surface area contributed by atoms with E-state index in [-0.39, 0.29) is 0 Å². The number of aromatic nitrogens is 2. The van der Waals surface area contributed by atoms with Gasteiger partial charge in [-0.05, 0) is 68.6 Å². The molecule has 0 amide bonds. The summed E-state index contributed by atoms with van der Waals surface area (Å²) in [5.74, 6) is 0. The van der Waals surface area contributed by atoms with Gasteiger partial charge in [0.25, 0.3) is 0 Å². The first kappa shape index (κ1) is 14.5. The van der Waals surface area contributed by atoms with Crippen molar-refractivity contribution in [1.29, 1.82) is 0 Å². The van der Waals surface area contributed by atoms with Gasteiger partial charge in [0.2, 0.25) is 0 Å². The van der Waals surface area contributed by atoms with E-state index >= 15 is 0 Å². The van der Waals surface area contributed by atoms with E-state index in [1.807, 2.05) is 18.3 Å². The van der Waals surface area contributed by atoms with Gasteiger partial charge in [0.15, 0.2) is 0 Å². The molecular formula is C16H13Br2N3. The van der Waals surface area contributed by atoms with E-state index in [0.717, 1.165) is 31.2 Å². The van der Waals surface area contributed by atoms with Crippen molar-refractivity contribution in [1.82, 2.24) is 9.97 Å². The van der Waals surface area contributed by atoms with Gasteiger partial charge >= 0.3 is 0 Å². The van der Waals surface area contributed by atoms with Crippen LogP contribution < -0.4 is 5.32 Å². The number of benzene rings is 1. The Hall–Kier alpha value is -1.46. The zero-order valence-electron chi connectivity index (χ0n) is 11.4. The third-order valence-electron chi connectivity index (χ3n) is 3.30. The van der Waals surface area contributed by atoms with Crippen LogP contribution in [0.5, 0.6) is 0 Å². The monoisotopic (exact) mass is 405 g/mol. The lowest BCUT2D eigenvalue weighted by Gasteiger charge is -2.11. The Bertz CT molecular complexity index is 803. The fourth-order valence-corrected chi connectivity index (χ4v) is 3.35. The molecule has 0 spiro atoms. The van der Waals surface area contributed by atoms with Crippen LogP contribution in [0, 0.1) is 6.92 Å². The van der Waals surface area contributed by atoms with Gasteiger partial charge in [0.1, 0.15) is 0 Å². The summed E-state index contributed by atoms with van der Waals surface area (Å²) in [6.45, 7) is 2.73. The lowest BCUT2D eigenvalue weighted by molar-refractivity contribution is 1.03. The van der Waals surface area contributed by atoms with Gasteiger partial charge in [0, 0.05) is 32.4 Å². The zero-order chi connectivity index (χ0) is 14.8. The molecular weight excluding hydrogens is 394 g/mol. The fourth-order valence-electron chi connectivity index (χ4n) is 2.22. The van der Waals surface area contributed by atoms with Gasteiger partial charge in [-0.25, -0.2) is 0 Å². The normalized spacial score (nSPS) is 10.8. The number of pyridine rings is 2. The van der Waals surface area contributed by atoms with Gasteiger partial charge < -0.3 is 5.32 Å². The molecule has 21 heavy (non-hydrogen) atoms. The molecule has 0 radical (unpaired) electrons. The Morgan fingerprint density at radius 2 is 2.00 bits per heavy atom. The number of fused-ring (bicyclic) bond motifs is 1. The van der Waals surface area contributed by atoms with Crippen molar-refractivity contribution in [3.8, 4) is 0 Å². The molecule has 0 atom stereocenters. The first-order chi connectivity index (χ1) is 10.1. The van der Waals surface area contributed by atoms with E-state index in [1.54, 1.807) is 6.20 Å². The van der Waals surface area contributed by atoms with Crippen molar-refractivity contribution < 1.29 is 0 Å². The second kappa shape index (κ2) is 6.12. The van der Waals surface area contributed by atoms with Crippen LogP contribution in [-0.2, 0) is 6.54 Å². The van der Waals surface area contributed by atoms with Crippen molar-refractivity contribution in [2.45, 2.75) is 13.5 Å². The summed E-state index contributed by atoms with van der Waals surface area (Å²) in [4.78, 5) is 8.87. The van der Waals surface area contributed by atoms with E-state index in [1.165, 1.54) is 5.56 Å². The number of rotatable bonds is 3. The molecule has 0 saturated heterocycles. The van der Waals surface area contributed by atoms with E-state index in [4.69, 9.17) is 0 Å². The van der Waals surface area contributed by atoms with Gasteiger partial charge in [-0.15, -0.1) is 0 Å². The predicted molar refractivity (Wildman–Crippen MR) is 93.4 cm³/mol. The molecule has 0 saturated carbocycles. The molecule has 0 aliphatic carbocycles. The number of aryl methyl sites for hydroxylation is 1. The summed E-state index contributed by atoms with van der Waals surface area (Å²) in [5.41, 5.74) is 4.25. The molecule has 2 aromatic heterocycles. The van der Waals surface area contributed by atoms with Crippen LogP contribution >= 0.6 is 31.9 Å². The highest BCUT2D eigenvalue weighted by Gasteiger charge is 2.06. The van der Waals surface area contributed by atoms with Gasteiger partial charge in [0.05, 0.1) is 17.8 Å². The number of halogens is 2. The predicted octanol–water partition coefficient (Wildman–Crippen LogP) is 5.08. The third kappa shape index (κ3) is 3.09. The van der Waals surface area contributed by atoms with Crippen LogP contribution in [0.4, 0.5) is 5.69 Å². The highest BCUT2D eigenvalue weighted by molar-refractivity contribution is 9.11. The maximum atomic E-state index is 4.45. The standard InChI is InChI=1S/C16H13Br2N3/c1-10-4-5-14(12-3-2-6-19-16(10)12)21-9-15-13(18)7-11(17)8-20-15/h2-8,21H,9H2,1H3. The second-order valence-electron chi connectivity index (χ2n) is 4.77. The van der Waals surface area contributed by atoms with Crippen LogP contribution in [0.1, 0.15) is 11.3 Å². The fraction of sp³-hybridized carbons (Fsp3) is 0.125. The zero-order valence-corrected chi connectivity index (χ0v) is 14.6. The summed E-state index contributed by atoms with van der Waals surface area (Å²) < 4.78 is 1.95. The van der Waals surface area contributed by atoms with Crippen molar-refractivity contribution >= 4 is 48.5 Å². The Kier molecular flexibility index (Phi) is 4.22. The van der Waals surface area contributed by atoms with Gasteiger partial charge in [-0.3, -0.25) is 9.97 Å². The molecule has 3 aromatic rings. The van der Waals surface area contributed by atoms with E-state index in [2.05, 4.69) is 72.3 Å². The Morgan fingerprint density at radius 1 is 1.14 bits per heavy atom. The highest BCUT2D eigenvalue weighted by atomic mass is 79.9. The molecule has 0 aliphatic heterocycles. The molecule has 3 nitrogen and oxygen atoms in total. The lowest BCUT2D eigenvalue weighted by Crippen LogP contribution is -2.03. The number of nitrogens with one attached hydrogen (secondary N) is 1. The maximum absolute atomic E-state index is 4.45. The van der Waals surface area contributed by atoms with Crippen molar-refractivity contribution in [2.75, 3.05) is 5.32 Å². The average Bonchev–Trinajstić information content (AvgIpc) is 2.48. The first-order valence-electron chi connectivity index (χ1n) is 6.53. The summed E-state index contributed by atoms with van der Waals surface area (Å²) in [5, 5.41) is 4.57. The number of hydrogen-bond donors (Lipinski definition) is 1. The summed E-state index contributed by atoms with van der Waals surface area (Å²) >= 11 is 6.95. The van der Waals surface area contributed by atoms with E-state index < -0.39 is 0 Å². The smallest absolute Gasteiger partial charge is 0.0751 e. The SMILES string of the molecule is Cc1ccc(NCc2ncc(Br)cc2Br)c2cccnc12. The third-order valence-corrected chi connectivity index (χ3v) is 4.42. The van der Waals surface area contributed by atoms with Gasteiger partial charge in [-0.1, -0.05) is 6.07 Å². The van der Waals surface area contributed by atoms with Gasteiger partial charge in [-0.2, -0.15) is 0 Å². The van der Waals surface area contributed by atoms with Crippen LogP contribution in [0.2, 0.25) is 0 Å². The largest absolute Gasteiger partial charge is 0.379 e. The molecule has 1 N–H and O–H groups in total. The first-order valence-corrected chi connectivity index (χ1v) is 8.12. The Morgan fingerprint density at radius 3 is 2.81 bits per heavy atom. The molecule has 0 unspecified atom stereocenters. The Labute approximate surface area is 140 Å². The maximum Gasteiger partial charge on any atom is 0.0751 e. The van der Waals surface area contributed by atoms with Crippen molar-refractivity contribution in [3.05, 3.63) is 62.9 Å². The van der Waals surface area contributed by atoms with Crippen LogP contribution in [0.25, 0.3) is 10.9 Å². The van der Waals surface area contributed by atoms with E-state index in [9.17, 15) is 0 Å². The number of anilines is 1. The lowest BCUT2D eigenvalue weighted by atomic mass is 10.1.